The molecule has 0 atom stereocenters. The molecule has 0 bridgehead atoms. The molecule has 2 aliphatic rings. The summed E-state index contributed by atoms with van der Waals surface area (Å²) >= 11 is 0. The number of hydrogen-bond acceptors (Lipinski definition) is 2. The summed E-state index contributed by atoms with van der Waals surface area (Å²) in [6.45, 7) is 14.3. The fraction of sp³-hybridized carbons (Fsp3) is 0.684. The second-order valence-electron chi connectivity index (χ2n) is 5.21. The Morgan fingerprint density at radius 2 is 1.77 bits per heavy atom. The van der Waals surface area contributed by atoms with Crippen molar-refractivity contribution in [3.63, 3.8) is 0 Å². The van der Waals surface area contributed by atoms with E-state index in [-0.39, 0.29) is 6.67 Å². The van der Waals surface area contributed by atoms with E-state index in [1.165, 1.54) is 36.6 Å². The number of hydrogen-bond donors (Lipinski definition) is 1. The van der Waals surface area contributed by atoms with E-state index in [0.717, 1.165) is 32.6 Å². The van der Waals surface area contributed by atoms with Gasteiger partial charge in [-0.05, 0) is 37.8 Å². The zero-order chi connectivity index (χ0) is 16.8. The third kappa shape index (κ3) is 7.26. The molecular formula is C19H35FN2. The minimum Gasteiger partial charge on any atom is -0.369 e. The molecule has 0 aromatic heterocycles. The maximum Gasteiger partial charge on any atom is 0.0866 e. The number of alkyl halides is 1. The lowest BCUT2D eigenvalue weighted by atomic mass is 10.0. The van der Waals surface area contributed by atoms with Crippen LogP contribution in [0.5, 0.6) is 0 Å². The Hall–Kier alpha value is -1.09. The summed E-state index contributed by atoms with van der Waals surface area (Å²) in [5.74, 6) is 0. The molecule has 1 N–H and O–H groups in total. The highest BCUT2D eigenvalue weighted by atomic mass is 19.1. The predicted molar refractivity (Wildman–Crippen MR) is 96.9 cm³/mol. The van der Waals surface area contributed by atoms with Crippen molar-refractivity contribution >= 4 is 0 Å². The largest absolute Gasteiger partial charge is 0.369 e. The van der Waals surface area contributed by atoms with Gasteiger partial charge in [0.15, 0.2) is 0 Å². The highest BCUT2D eigenvalue weighted by Crippen LogP contribution is 2.27. The zero-order valence-corrected chi connectivity index (χ0v) is 15.2. The van der Waals surface area contributed by atoms with Gasteiger partial charge in [-0.25, -0.2) is 0 Å². The Bertz CT molecular complexity index is 364. The lowest BCUT2D eigenvalue weighted by molar-refractivity contribution is 0.299. The monoisotopic (exact) mass is 310 g/mol. The summed E-state index contributed by atoms with van der Waals surface area (Å²) in [5.41, 5.74) is 4.58. The SMILES string of the molecule is CC.CCCC1=CC=CCC(C)=C1N1CCNCC1.CCF. The van der Waals surface area contributed by atoms with E-state index >= 15 is 0 Å². The van der Waals surface area contributed by atoms with Crippen molar-refractivity contribution in [2.75, 3.05) is 32.9 Å². The van der Waals surface area contributed by atoms with Crippen LogP contribution < -0.4 is 5.32 Å². The zero-order valence-electron chi connectivity index (χ0n) is 15.2. The normalized spacial score (nSPS) is 17.7. The van der Waals surface area contributed by atoms with E-state index < -0.39 is 0 Å². The van der Waals surface area contributed by atoms with E-state index in [0.29, 0.717) is 0 Å². The number of nitrogens with zero attached hydrogens (tertiary/aromatic N) is 1. The highest BCUT2D eigenvalue weighted by molar-refractivity contribution is 5.39. The Kier molecular flexibility index (Phi) is 12.9. The highest BCUT2D eigenvalue weighted by Gasteiger charge is 2.18. The van der Waals surface area contributed by atoms with Gasteiger partial charge < -0.3 is 10.2 Å². The summed E-state index contributed by atoms with van der Waals surface area (Å²) in [7, 11) is 0. The molecule has 1 fully saturated rings. The van der Waals surface area contributed by atoms with Gasteiger partial charge in [0.25, 0.3) is 0 Å². The van der Waals surface area contributed by atoms with Crippen LogP contribution in [0.25, 0.3) is 0 Å². The molecule has 128 valence electrons. The molecule has 0 unspecified atom stereocenters. The Morgan fingerprint density at radius 3 is 2.32 bits per heavy atom. The molecule has 1 heterocycles. The summed E-state index contributed by atoms with van der Waals surface area (Å²) in [5, 5.41) is 3.43. The molecule has 0 saturated carbocycles. The molecule has 2 nitrogen and oxygen atoms in total. The summed E-state index contributed by atoms with van der Waals surface area (Å²) in [4.78, 5) is 2.57. The topological polar surface area (TPSA) is 15.3 Å². The van der Waals surface area contributed by atoms with Gasteiger partial charge in [0, 0.05) is 31.9 Å². The molecule has 0 radical (unpaired) electrons. The van der Waals surface area contributed by atoms with Crippen molar-refractivity contribution in [2.45, 2.75) is 53.9 Å². The van der Waals surface area contributed by atoms with Gasteiger partial charge >= 0.3 is 0 Å². The lowest BCUT2D eigenvalue weighted by Gasteiger charge is -2.34. The van der Waals surface area contributed by atoms with Crippen LogP contribution >= 0.6 is 0 Å². The minimum atomic E-state index is -0.250. The minimum absolute atomic E-state index is 0.250. The van der Waals surface area contributed by atoms with Crippen molar-refractivity contribution in [3.8, 4) is 0 Å². The van der Waals surface area contributed by atoms with Crippen LogP contribution in [0.2, 0.25) is 0 Å². The van der Waals surface area contributed by atoms with Crippen molar-refractivity contribution < 1.29 is 4.39 Å². The maximum absolute atomic E-state index is 10.3. The van der Waals surface area contributed by atoms with Gasteiger partial charge in [-0.2, -0.15) is 0 Å². The number of nitrogens with one attached hydrogen (secondary N) is 1. The van der Waals surface area contributed by atoms with Gasteiger partial charge in [0.05, 0.1) is 6.67 Å². The molecule has 1 saturated heterocycles. The van der Waals surface area contributed by atoms with E-state index in [9.17, 15) is 4.39 Å². The Morgan fingerprint density at radius 1 is 1.18 bits per heavy atom. The van der Waals surface area contributed by atoms with Crippen LogP contribution in [0, 0.1) is 0 Å². The lowest BCUT2D eigenvalue weighted by Crippen LogP contribution is -2.43. The van der Waals surface area contributed by atoms with E-state index in [4.69, 9.17) is 0 Å². The molecule has 22 heavy (non-hydrogen) atoms. The molecule has 1 aliphatic carbocycles. The van der Waals surface area contributed by atoms with Crippen LogP contribution in [-0.2, 0) is 0 Å². The molecule has 1 aliphatic heterocycles. The van der Waals surface area contributed by atoms with Crippen molar-refractivity contribution in [1.82, 2.24) is 10.2 Å². The summed E-state index contributed by atoms with van der Waals surface area (Å²) in [6, 6.07) is 0. The molecule has 2 rings (SSSR count). The van der Waals surface area contributed by atoms with Gasteiger partial charge in [-0.15, -0.1) is 0 Å². The summed E-state index contributed by atoms with van der Waals surface area (Å²) in [6.07, 6.45) is 10.3. The molecular weight excluding hydrogens is 275 g/mol. The smallest absolute Gasteiger partial charge is 0.0866 e. The van der Waals surface area contributed by atoms with E-state index in [1.54, 1.807) is 0 Å². The Labute approximate surface area is 137 Å². The first-order chi connectivity index (χ1) is 10.7. The predicted octanol–water partition coefficient (Wildman–Crippen LogP) is 4.85. The number of halogens is 1. The fourth-order valence-corrected chi connectivity index (χ4v) is 2.71. The first-order valence-electron chi connectivity index (χ1n) is 8.82. The van der Waals surface area contributed by atoms with E-state index in [2.05, 4.69) is 42.3 Å². The molecule has 0 aromatic carbocycles. The first kappa shape index (κ1) is 20.9. The molecule has 0 amide bonds. The second kappa shape index (κ2) is 13.6. The average Bonchev–Trinajstić information content (AvgIpc) is 2.73. The average molecular weight is 311 g/mol. The van der Waals surface area contributed by atoms with Crippen LogP contribution in [0.4, 0.5) is 4.39 Å². The fourth-order valence-electron chi connectivity index (χ4n) is 2.71. The standard InChI is InChI=1S/C15H24N2.C2H5F.C2H6/c1-3-6-14-8-5-4-7-13(2)15(14)17-11-9-16-10-12-17;1-2-3;1-2/h4-5,8,16H,3,6-7,9-12H2,1-2H3;2H2,1H3;1-2H3. The van der Waals surface area contributed by atoms with E-state index in [1.807, 2.05) is 13.8 Å². The van der Waals surface area contributed by atoms with Crippen LogP contribution in [0.3, 0.4) is 0 Å². The Balaban J connectivity index is 0.000000789. The third-order valence-electron chi connectivity index (χ3n) is 3.52. The van der Waals surface area contributed by atoms with Crippen LogP contribution in [0.15, 0.2) is 35.1 Å². The second-order valence-corrected chi connectivity index (χ2v) is 5.21. The number of allylic oxidation sites excluding steroid dienone is 5. The number of piperazine rings is 1. The molecule has 3 heteroatoms. The van der Waals surface area contributed by atoms with Crippen LogP contribution in [-0.4, -0.2) is 37.8 Å². The maximum atomic E-state index is 10.3. The number of rotatable bonds is 3. The van der Waals surface area contributed by atoms with Gasteiger partial charge in [0.1, 0.15) is 0 Å². The van der Waals surface area contributed by atoms with Gasteiger partial charge in [0.2, 0.25) is 0 Å². The first-order valence-corrected chi connectivity index (χ1v) is 8.82. The molecule has 0 aromatic rings. The van der Waals surface area contributed by atoms with Crippen molar-refractivity contribution in [2.24, 2.45) is 0 Å². The summed E-state index contributed by atoms with van der Waals surface area (Å²) < 4.78 is 10.3. The van der Waals surface area contributed by atoms with Crippen LogP contribution in [0.1, 0.15) is 53.9 Å². The third-order valence-corrected chi connectivity index (χ3v) is 3.52. The van der Waals surface area contributed by atoms with Crippen molar-refractivity contribution in [3.05, 3.63) is 35.1 Å². The van der Waals surface area contributed by atoms with Gasteiger partial charge in [-0.1, -0.05) is 45.4 Å². The van der Waals surface area contributed by atoms with Gasteiger partial charge in [-0.3, -0.25) is 4.39 Å². The van der Waals surface area contributed by atoms with Crippen molar-refractivity contribution in [1.29, 1.82) is 0 Å². The quantitative estimate of drug-likeness (QED) is 0.801. The molecule has 0 spiro atoms.